The van der Waals surface area contributed by atoms with Crippen LogP contribution in [0.4, 0.5) is 0 Å². The first kappa shape index (κ1) is 23.9. The lowest BCUT2D eigenvalue weighted by Crippen LogP contribution is -2.24. The van der Waals surface area contributed by atoms with Crippen LogP contribution < -0.4 is 5.56 Å². The summed E-state index contributed by atoms with van der Waals surface area (Å²) >= 11 is 7.29. The number of rotatable bonds is 8. The van der Waals surface area contributed by atoms with Crippen LogP contribution in [0.2, 0.25) is 0 Å². The van der Waals surface area contributed by atoms with Gasteiger partial charge in [-0.1, -0.05) is 45.9 Å². The molecule has 0 spiro atoms. The number of fused-ring (bicyclic) bond motifs is 1. The van der Waals surface area contributed by atoms with Gasteiger partial charge in [0.25, 0.3) is 5.56 Å². The number of aromatic nitrogens is 2. The highest BCUT2D eigenvalue weighted by Gasteiger charge is 2.23. The molecule has 0 saturated carbocycles. The number of aryl methyl sites for hydroxylation is 1. The highest BCUT2D eigenvalue weighted by Crippen LogP contribution is 2.30. The Labute approximate surface area is 210 Å². The number of hydrogen-bond acceptors (Lipinski definition) is 8. The molecular formula is C23H19BrN2O4S3. The van der Waals surface area contributed by atoms with E-state index >= 15 is 0 Å². The van der Waals surface area contributed by atoms with Gasteiger partial charge >= 0.3 is 5.97 Å². The van der Waals surface area contributed by atoms with Crippen molar-refractivity contribution in [1.82, 2.24) is 9.55 Å². The largest absolute Gasteiger partial charge is 0.462 e. The van der Waals surface area contributed by atoms with Crippen LogP contribution >= 0.6 is 50.4 Å². The van der Waals surface area contributed by atoms with Crippen molar-refractivity contribution >= 4 is 72.3 Å². The van der Waals surface area contributed by atoms with Gasteiger partial charge in [-0.2, -0.15) is 0 Å². The Morgan fingerprint density at radius 2 is 1.97 bits per heavy atom. The molecule has 1 aromatic carbocycles. The Balaban J connectivity index is 1.74. The molecule has 0 aliphatic rings. The number of nitrogens with zero attached hydrogens (tertiary/aromatic N) is 2. The Hall–Kier alpha value is -2.27. The van der Waals surface area contributed by atoms with Gasteiger partial charge in [0.15, 0.2) is 10.9 Å². The van der Waals surface area contributed by atoms with Crippen molar-refractivity contribution in [3.05, 3.63) is 77.5 Å². The molecule has 0 fully saturated rings. The van der Waals surface area contributed by atoms with Crippen LogP contribution in [0.5, 0.6) is 0 Å². The number of thiophene rings is 2. The zero-order valence-electron chi connectivity index (χ0n) is 17.8. The van der Waals surface area contributed by atoms with Crippen LogP contribution in [0.25, 0.3) is 10.2 Å². The molecule has 4 rings (SSSR count). The van der Waals surface area contributed by atoms with Gasteiger partial charge in [-0.25, -0.2) is 9.78 Å². The summed E-state index contributed by atoms with van der Waals surface area (Å²) in [5, 5.41) is 2.82. The number of esters is 1. The molecular weight excluding hydrogens is 544 g/mol. The van der Waals surface area contributed by atoms with Crippen molar-refractivity contribution in [1.29, 1.82) is 0 Å². The number of halogens is 1. The van der Waals surface area contributed by atoms with Crippen LogP contribution in [-0.2, 0) is 11.3 Å². The van der Waals surface area contributed by atoms with E-state index in [1.165, 1.54) is 11.8 Å². The summed E-state index contributed by atoms with van der Waals surface area (Å²) < 4.78 is 7.63. The van der Waals surface area contributed by atoms with Crippen LogP contribution in [0.1, 0.15) is 37.4 Å². The number of carbonyl (C=O) groups excluding carboxylic acids is 2. The van der Waals surface area contributed by atoms with Crippen molar-refractivity contribution in [3.8, 4) is 0 Å². The second-order valence-corrected chi connectivity index (χ2v) is 10.9. The van der Waals surface area contributed by atoms with Gasteiger partial charge < -0.3 is 4.74 Å². The summed E-state index contributed by atoms with van der Waals surface area (Å²) in [7, 11) is 0. The standard InChI is InChI=1S/C23H19BrN2O4S3/c1-3-30-22(29)19-13(2)18-20(33-19)25-23(26(21(18)28)11-16-5-4-10-31-16)32-12-17(27)14-6-8-15(24)9-7-14/h4-10H,3,11-12H2,1-2H3. The molecule has 3 heterocycles. The second kappa shape index (κ2) is 10.3. The molecule has 0 atom stereocenters. The predicted octanol–water partition coefficient (Wildman–Crippen LogP) is 5.79. The van der Waals surface area contributed by atoms with E-state index in [1.807, 2.05) is 29.6 Å². The molecule has 0 aliphatic heterocycles. The average Bonchev–Trinajstić information content (AvgIpc) is 3.42. The summed E-state index contributed by atoms with van der Waals surface area (Å²) in [5.41, 5.74) is 0.945. The van der Waals surface area contributed by atoms with Gasteiger partial charge in [0.1, 0.15) is 9.71 Å². The quantitative estimate of drug-likeness (QED) is 0.117. The first-order valence-electron chi connectivity index (χ1n) is 10.0. The van der Waals surface area contributed by atoms with Crippen molar-refractivity contribution in [2.75, 3.05) is 12.4 Å². The minimum atomic E-state index is -0.457. The van der Waals surface area contributed by atoms with Crippen molar-refractivity contribution in [2.24, 2.45) is 0 Å². The summed E-state index contributed by atoms with van der Waals surface area (Å²) in [6.45, 7) is 4.08. The molecule has 0 saturated heterocycles. The minimum Gasteiger partial charge on any atom is -0.462 e. The molecule has 0 unspecified atom stereocenters. The molecule has 6 nitrogen and oxygen atoms in total. The average molecular weight is 564 g/mol. The van der Waals surface area contributed by atoms with Gasteiger partial charge in [0, 0.05) is 14.9 Å². The Morgan fingerprint density at radius 3 is 2.64 bits per heavy atom. The van der Waals surface area contributed by atoms with Crippen LogP contribution in [0.3, 0.4) is 0 Å². The lowest BCUT2D eigenvalue weighted by Gasteiger charge is -2.11. The fraction of sp³-hybridized carbons (Fsp3) is 0.217. The van der Waals surface area contributed by atoms with Crippen LogP contribution in [0, 0.1) is 6.92 Å². The first-order chi connectivity index (χ1) is 15.9. The van der Waals surface area contributed by atoms with Crippen molar-refractivity contribution in [2.45, 2.75) is 25.5 Å². The Kier molecular flexibility index (Phi) is 7.48. The smallest absolute Gasteiger partial charge is 0.348 e. The summed E-state index contributed by atoms with van der Waals surface area (Å²) in [6.07, 6.45) is 0. The molecule has 0 radical (unpaired) electrons. The van der Waals surface area contributed by atoms with Crippen molar-refractivity contribution < 1.29 is 14.3 Å². The minimum absolute atomic E-state index is 0.0564. The van der Waals surface area contributed by atoms with Gasteiger partial charge in [0.2, 0.25) is 0 Å². The number of carbonyl (C=O) groups is 2. The lowest BCUT2D eigenvalue weighted by molar-refractivity contribution is 0.0531. The molecule has 0 N–H and O–H groups in total. The maximum Gasteiger partial charge on any atom is 0.348 e. The second-order valence-electron chi connectivity index (χ2n) is 7.04. The van der Waals surface area contributed by atoms with Gasteiger partial charge in [-0.15, -0.1) is 22.7 Å². The molecule has 33 heavy (non-hydrogen) atoms. The SMILES string of the molecule is CCOC(=O)c1sc2nc(SCC(=O)c3ccc(Br)cc3)n(Cc3cccs3)c(=O)c2c1C. The molecule has 0 aliphatic carbocycles. The molecule has 3 aromatic heterocycles. The van der Waals surface area contributed by atoms with E-state index in [0.717, 1.165) is 20.7 Å². The van der Waals surface area contributed by atoms with Gasteiger partial charge in [-0.3, -0.25) is 14.2 Å². The van der Waals surface area contributed by atoms with Crippen LogP contribution in [-0.4, -0.2) is 33.7 Å². The van der Waals surface area contributed by atoms with E-state index in [-0.39, 0.29) is 23.7 Å². The zero-order valence-corrected chi connectivity index (χ0v) is 21.8. The third-order valence-electron chi connectivity index (χ3n) is 4.87. The van der Waals surface area contributed by atoms with E-state index in [2.05, 4.69) is 15.9 Å². The van der Waals surface area contributed by atoms with E-state index in [0.29, 0.717) is 37.9 Å². The maximum absolute atomic E-state index is 13.5. The van der Waals surface area contributed by atoms with Crippen LogP contribution in [0.15, 0.2) is 56.2 Å². The highest BCUT2D eigenvalue weighted by molar-refractivity contribution is 9.10. The third-order valence-corrected chi connectivity index (χ3v) is 8.40. The normalized spacial score (nSPS) is 11.1. The Morgan fingerprint density at radius 1 is 1.21 bits per heavy atom. The number of ketones is 1. The number of hydrogen-bond donors (Lipinski definition) is 0. The fourth-order valence-electron chi connectivity index (χ4n) is 3.25. The van der Waals surface area contributed by atoms with Gasteiger partial charge in [0.05, 0.1) is 24.3 Å². The first-order valence-corrected chi connectivity index (χ1v) is 13.5. The topological polar surface area (TPSA) is 78.3 Å². The summed E-state index contributed by atoms with van der Waals surface area (Å²) in [6, 6.07) is 11.0. The number of Topliss-reactive ketones (excluding diaryl/α,β-unsaturated/α-hetero) is 1. The number of ether oxygens (including phenoxy) is 1. The van der Waals surface area contributed by atoms with E-state index in [4.69, 9.17) is 9.72 Å². The molecule has 170 valence electrons. The summed E-state index contributed by atoms with van der Waals surface area (Å²) in [5.74, 6) is -0.375. The highest BCUT2D eigenvalue weighted by atomic mass is 79.9. The molecule has 4 aromatic rings. The van der Waals surface area contributed by atoms with Crippen molar-refractivity contribution in [3.63, 3.8) is 0 Å². The Bertz CT molecular complexity index is 1380. The monoisotopic (exact) mass is 562 g/mol. The lowest BCUT2D eigenvalue weighted by atomic mass is 10.2. The fourth-order valence-corrected chi connectivity index (χ4v) is 6.21. The van der Waals surface area contributed by atoms with E-state index in [1.54, 1.807) is 41.9 Å². The van der Waals surface area contributed by atoms with Gasteiger partial charge in [-0.05, 0) is 43.0 Å². The third kappa shape index (κ3) is 5.13. The number of benzene rings is 1. The molecule has 10 heteroatoms. The molecule has 0 bridgehead atoms. The van der Waals surface area contributed by atoms with E-state index < -0.39 is 5.97 Å². The number of thioether (sulfide) groups is 1. The zero-order chi connectivity index (χ0) is 23.5. The molecule has 0 amide bonds. The van der Waals surface area contributed by atoms with E-state index in [9.17, 15) is 14.4 Å². The predicted molar refractivity (Wildman–Crippen MR) is 137 cm³/mol. The maximum atomic E-state index is 13.5. The summed E-state index contributed by atoms with van der Waals surface area (Å²) in [4.78, 5) is 45.2.